The highest BCUT2D eigenvalue weighted by Gasteiger charge is 2.32. The number of nitrogens with zero attached hydrogens (tertiary/aromatic N) is 2. The Morgan fingerprint density at radius 2 is 2.08 bits per heavy atom. The molecule has 3 aromatic rings. The molecule has 1 atom stereocenters. The lowest BCUT2D eigenvalue weighted by Gasteiger charge is -2.23. The fourth-order valence-corrected chi connectivity index (χ4v) is 4.96. The number of amides is 1. The van der Waals surface area contributed by atoms with Crippen molar-refractivity contribution >= 4 is 17.2 Å². The predicted molar refractivity (Wildman–Crippen MR) is 131 cm³/mol. The van der Waals surface area contributed by atoms with Crippen LogP contribution in [-0.2, 0) is 18.1 Å². The van der Waals surface area contributed by atoms with Crippen LogP contribution in [0, 0.1) is 5.92 Å². The number of halogens is 3. The van der Waals surface area contributed by atoms with Crippen molar-refractivity contribution in [3.8, 4) is 5.75 Å². The van der Waals surface area contributed by atoms with E-state index in [1.165, 1.54) is 17.4 Å². The molecular weight excluding hydrogens is 491 g/mol. The van der Waals surface area contributed by atoms with Crippen molar-refractivity contribution in [3.63, 3.8) is 0 Å². The van der Waals surface area contributed by atoms with Gasteiger partial charge in [-0.1, -0.05) is 20.8 Å². The third kappa shape index (κ3) is 6.47. The molecule has 0 radical (unpaired) electrons. The minimum absolute atomic E-state index is 0.104. The van der Waals surface area contributed by atoms with Gasteiger partial charge in [0.15, 0.2) is 4.80 Å². The molecule has 0 bridgehead atoms. The average molecular weight is 522 g/mol. The molecule has 1 aliphatic rings. The molecule has 0 aliphatic carbocycles. The third-order valence-corrected chi connectivity index (χ3v) is 7.42. The summed E-state index contributed by atoms with van der Waals surface area (Å²) in [6.07, 6.45) is 0.829. The Balaban J connectivity index is 1.71. The van der Waals surface area contributed by atoms with Gasteiger partial charge in [-0.25, -0.2) is 0 Å². The maximum Gasteiger partial charge on any atom is 0.416 e. The van der Waals surface area contributed by atoms with Crippen molar-refractivity contribution in [1.82, 2.24) is 9.88 Å². The van der Waals surface area contributed by atoms with Crippen molar-refractivity contribution in [2.24, 2.45) is 10.9 Å². The highest BCUT2D eigenvalue weighted by molar-refractivity contribution is 7.09. The first-order valence-corrected chi connectivity index (χ1v) is 12.7. The number of rotatable bonds is 6. The fourth-order valence-electron chi connectivity index (χ4n) is 3.92. The van der Waals surface area contributed by atoms with Crippen molar-refractivity contribution in [2.75, 3.05) is 19.7 Å². The highest BCUT2D eigenvalue weighted by atomic mass is 32.1. The van der Waals surface area contributed by atoms with Crippen molar-refractivity contribution in [2.45, 2.75) is 51.7 Å². The molecule has 0 spiro atoms. The number of carbonyl (C=O) groups is 1. The number of carbonyl (C=O) groups excluding carboxylic acids is 1. The van der Waals surface area contributed by atoms with Gasteiger partial charge in [-0.3, -0.25) is 4.79 Å². The minimum Gasteiger partial charge on any atom is -0.492 e. The number of nitrogens with one attached hydrogen (secondary N) is 1. The van der Waals surface area contributed by atoms with Crippen LogP contribution in [0.1, 0.15) is 60.2 Å². The average Bonchev–Trinajstić information content (AvgIpc) is 3.48. The van der Waals surface area contributed by atoms with E-state index in [2.05, 4.69) is 10.3 Å². The normalized spacial score (nSPS) is 17.4. The number of thiazole rings is 1. The van der Waals surface area contributed by atoms with E-state index < -0.39 is 17.6 Å². The van der Waals surface area contributed by atoms with Crippen LogP contribution in [0.25, 0.3) is 0 Å². The Morgan fingerprint density at radius 1 is 1.28 bits per heavy atom. The quantitative estimate of drug-likeness (QED) is 0.457. The summed E-state index contributed by atoms with van der Waals surface area (Å²) in [5.41, 5.74) is -1.33. The summed E-state index contributed by atoms with van der Waals surface area (Å²) < 4.78 is 53.5. The number of hydrogen-bond acceptors (Lipinski definition) is 5. The van der Waals surface area contributed by atoms with E-state index in [0.29, 0.717) is 23.7 Å². The van der Waals surface area contributed by atoms with Crippen LogP contribution < -0.4 is 14.9 Å². The smallest absolute Gasteiger partial charge is 0.416 e. The van der Waals surface area contributed by atoms with Crippen molar-refractivity contribution in [3.05, 3.63) is 69.4 Å². The molecule has 3 heterocycles. The molecule has 10 heteroatoms. The third-order valence-electron chi connectivity index (χ3n) is 5.97. The van der Waals surface area contributed by atoms with E-state index in [9.17, 15) is 18.0 Å². The van der Waals surface area contributed by atoms with E-state index in [1.807, 2.05) is 33.0 Å². The molecule has 36 heavy (non-hydrogen) atoms. The molecule has 6 nitrogen and oxygen atoms in total. The topological polar surface area (TPSA) is 68.8 Å². The van der Waals surface area contributed by atoms with Gasteiger partial charge in [0.25, 0.3) is 5.91 Å². The van der Waals surface area contributed by atoms with Gasteiger partial charge >= 0.3 is 6.18 Å². The summed E-state index contributed by atoms with van der Waals surface area (Å²) in [4.78, 5) is 18.9. The second kappa shape index (κ2) is 10.6. The lowest BCUT2D eigenvalue weighted by Crippen LogP contribution is -2.33. The maximum absolute atomic E-state index is 13.5. The molecule has 194 valence electrons. The van der Waals surface area contributed by atoms with Gasteiger partial charge in [0, 0.05) is 23.5 Å². The van der Waals surface area contributed by atoms with Crippen LogP contribution in [0.4, 0.5) is 13.2 Å². The maximum atomic E-state index is 13.5. The molecule has 1 saturated heterocycles. The predicted octanol–water partition coefficient (Wildman–Crippen LogP) is 5.63. The van der Waals surface area contributed by atoms with Gasteiger partial charge in [0.05, 0.1) is 30.5 Å². The second-order valence-electron chi connectivity index (χ2n) is 9.98. The van der Waals surface area contributed by atoms with Gasteiger partial charge in [0.2, 0.25) is 0 Å². The first kappa shape index (κ1) is 26.2. The number of piperidine rings is 1. The Labute approximate surface area is 211 Å². The first-order chi connectivity index (χ1) is 17.0. The Hall–Kier alpha value is -2.85. The molecule has 1 amide bonds. The number of alkyl halides is 3. The van der Waals surface area contributed by atoms with E-state index in [1.54, 1.807) is 16.9 Å². The highest BCUT2D eigenvalue weighted by Crippen LogP contribution is 2.33. The monoisotopic (exact) mass is 521 g/mol. The van der Waals surface area contributed by atoms with Crippen molar-refractivity contribution < 1.29 is 27.1 Å². The van der Waals surface area contributed by atoms with Gasteiger partial charge < -0.3 is 19.0 Å². The van der Waals surface area contributed by atoms with Gasteiger partial charge in [-0.2, -0.15) is 18.2 Å². The zero-order chi connectivity index (χ0) is 25.9. The molecule has 2 aromatic heterocycles. The van der Waals surface area contributed by atoms with Crippen LogP contribution in [-0.4, -0.2) is 30.2 Å². The molecule has 1 aromatic carbocycles. The molecule has 4 rings (SSSR count). The van der Waals surface area contributed by atoms with Crippen LogP contribution in [0.3, 0.4) is 0 Å². The fraction of sp³-hybridized carbons (Fsp3) is 0.462. The van der Waals surface area contributed by atoms with E-state index in [4.69, 9.17) is 9.15 Å². The van der Waals surface area contributed by atoms with Gasteiger partial charge in [-0.15, -0.1) is 11.3 Å². The summed E-state index contributed by atoms with van der Waals surface area (Å²) >= 11 is 1.33. The van der Waals surface area contributed by atoms with Gasteiger partial charge in [-0.05, 0) is 55.1 Å². The molecule has 0 unspecified atom stereocenters. The standard InChI is InChI=1S/C26H30F3N3O3S/c1-25(2,3)22-15-32(14-19-7-5-11-34-19)24(36-22)31-23(33)20-12-18(26(27,28)29)8-9-21(20)35-16-17-6-4-10-30-13-17/h5,7-9,11-12,15,17,30H,4,6,10,13-14,16H2,1-3H3/b31-24-/t17-/m1/s1. The molecule has 1 fully saturated rings. The summed E-state index contributed by atoms with van der Waals surface area (Å²) in [6.45, 7) is 8.48. The Bertz CT molecular complexity index is 1250. The summed E-state index contributed by atoms with van der Waals surface area (Å²) in [5.74, 6) is 0.218. The van der Waals surface area contributed by atoms with Gasteiger partial charge in [0.1, 0.15) is 11.5 Å². The minimum atomic E-state index is -4.59. The van der Waals surface area contributed by atoms with Crippen LogP contribution in [0.15, 0.2) is 52.2 Å². The Morgan fingerprint density at radius 3 is 2.72 bits per heavy atom. The summed E-state index contributed by atoms with van der Waals surface area (Å²) in [6, 6.07) is 6.56. The van der Waals surface area contributed by atoms with Crippen molar-refractivity contribution in [1.29, 1.82) is 0 Å². The zero-order valence-corrected chi connectivity index (χ0v) is 21.3. The first-order valence-electron chi connectivity index (χ1n) is 11.9. The molecule has 1 aliphatic heterocycles. The SMILES string of the molecule is CC(C)(C)c1cn(Cc2ccco2)/c(=N/C(=O)c2cc(C(F)(F)F)ccc2OC[C@@H]2CCCNC2)s1. The Kier molecular flexibility index (Phi) is 7.75. The molecule has 0 saturated carbocycles. The summed E-state index contributed by atoms with van der Waals surface area (Å²) in [7, 11) is 0. The second-order valence-corrected chi connectivity index (χ2v) is 11.0. The van der Waals surface area contributed by atoms with E-state index >= 15 is 0 Å². The lowest BCUT2D eigenvalue weighted by atomic mass is 9.95. The van der Waals surface area contributed by atoms with Crippen LogP contribution in [0.5, 0.6) is 5.75 Å². The number of aromatic nitrogens is 1. The lowest BCUT2D eigenvalue weighted by molar-refractivity contribution is -0.137. The number of benzene rings is 1. The van der Waals surface area contributed by atoms with Crippen LogP contribution >= 0.6 is 11.3 Å². The molecular formula is C26H30F3N3O3S. The number of ether oxygens (including phenoxy) is 1. The zero-order valence-electron chi connectivity index (χ0n) is 20.5. The van der Waals surface area contributed by atoms with Crippen LogP contribution in [0.2, 0.25) is 0 Å². The summed E-state index contributed by atoms with van der Waals surface area (Å²) in [5, 5.41) is 3.29. The number of furan rings is 1. The van der Waals surface area contributed by atoms with E-state index in [-0.39, 0.29) is 22.6 Å². The number of hydrogen-bond donors (Lipinski definition) is 1. The largest absolute Gasteiger partial charge is 0.492 e. The molecule has 1 N–H and O–H groups in total. The van der Waals surface area contributed by atoms with E-state index in [0.717, 1.165) is 42.9 Å².